The number of aliphatic hydroxyl groups excluding tert-OH is 1. The molecule has 4 aromatic rings. The fraction of sp³-hybridized carbons (Fsp3) is 0.0769. The number of Topliss-reactive ketones (excluding diaryl/α,β-unsaturated/α-hetero) is 1. The van der Waals surface area contributed by atoms with Gasteiger partial charge in [-0.2, -0.15) is 0 Å². The molecule has 0 spiro atoms. The SMILES string of the molecule is O=C(C1=C(O)C(=O)N(Cc2ccccc2)C1c1ccc(Cl)cc1)c1cc2ccccc2o1. The Morgan fingerprint density at radius 3 is 2.38 bits per heavy atom. The molecule has 158 valence electrons. The van der Waals surface area contributed by atoms with Crippen LogP contribution in [-0.2, 0) is 11.3 Å². The van der Waals surface area contributed by atoms with Crippen molar-refractivity contribution in [3.63, 3.8) is 0 Å². The van der Waals surface area contributed by atoms with E-state index in [-0.39, 0.29) is 17.9 Å². The predicted molar refractivity (Wildman–Crippen MR) is 121 cm³/mol. The van der Waals surface area contributed by atoms with E-state index in [1.807, 2.05) is 48.5 Å². The first-order valence-electron chi connectivity index (χ1n) is 10.1. The Bertz CT molecular complexity index is 1320. The number of aliphatic hydroxyl groups is 1. The molecule has 1 unspecified atom stereocenters. The second kappa shape index (κ2) is 8.02. The van der Waals surface area contributed by atoms with Crippen LogP contribution in [0.4, 0.5) is 0 Å². The molecule has 0 radical (unpaired) electrons. The molecule has 0 aliphatic carbocycles. The van der Waals surface area contributed by atoms with Gasteiger partial charge in [-0.15, -0.1) is 0 Å². The van der Waals surface area contributed by atoms with Gasteiger partial charge < -0.3 is 14.4 Å². The van der Waals surface area contributed by atoms with Crippen LogP contribution in [0, 0.1) is 0 Å². The van der Waals surface area contributed by atoms with E-state index in [1.54, 1.807) is 36.4 Å². The van der Waals surface area contributed by atoms with E-state index < -0.39 is 23.5 Å². The Hall–Kier alpha value is -3.83. The van der Waals surface area contributed by atoms with E-state index in [2.05, 4.69) is 0 Å². The topological polar surface area (TPSA) is 70.8 Å². The van der Waals surface area contributed by atoms with Crippen LogP contribution >= 0.6 is 11.6 Å². The summed E-state index contributed by atoms with van der Waals surface area (Å²) in [5.74, 6) is -1.62. The molecule has 1 N–H and O–H groups in total. The molecule has 32 heavy (non-hydrogen) atoms. The van der Waals surface area contributed by atoms with Crippen molar-refractivity contribution in [2.75, 3.05) is 0 Å². The van der Waals surface area contributed by atoms with Crippen molar-refractivity contribution in [3.8, 4) is 0 Å². The molecule has 1 aliphatic rings. The maximum Gasteiger partial charge on any atom is 0.290 e. The number of fused-ring (bicyclic) bond motifs is 1. The van der Waals surface area contributed by atoms with E-state index in [0.717, 1.165) is 10.9 Å². The number of amides is 1. The summed E-state index contributed by atoms with van der Waals surface area (Å²) in [5, 5.41) is 12.1. The van der Waals surface area contributed by atoms with E-state index >= 15 is 0 Å². The summed E-state index contributed by atoms with van der Waals surface area (Å²) >= 11 is 6.06. The molecule has 0 saturated carbocycles. The van der Waals surface area contributed by atoms with E-state index in [9.17, 15) is 14.7 Å². The Kier molecular flexibility index (Phi) is 5.04. The molecule has 5 rings (SSSR count). The molecule has 2 heterocycles. The minimum Gasteiger partial charge on any atom is -0.503 e. The molecule has 6 heteroatoms. The fourth-order valence-corrected chi connectivity index (χ4v) is 4.17. The molecule has 0 fully saturated rings. The van der Waals surface area contributed by atoms with E-state index in [1.165, 1.54) is 4.90 Å². The fourth-order valence-electron chi connectivity index (χ4n) is 4.05. The standard InChI is InChI=1S/C26H18ClNO4/c27-19-12-10-17(11-13-19)23-22(24(29)21-14-18-8-4-5-9-20(18)32-21)25(30)26(31)28(23)15-16-6-2-1-3-7-16/h1-14,23,30H,15H2. The van der Waals surface area contributed by atoms with Gasteiger partial charge in [-0.05, 0) is 35.4 Å². The lowest BCUT2D eigenvalue weighted by Gasteiger charge is -2.26. The highest BCUT2D eigenvalue weighted by atomic mass is 35.5. The Balaban J connectivity index is 1.60. The van der Waals surface area contributed by atoms with E-state index in [4.69, 9.17) is 16.0 Å². The normalized spacial score (nSPS) is 16.2. The number of carbonyl (C=O) groups excluding carboxylic acids is 2. The van der Waals surface area contributed by atoms with Gasteiger partial charge in [0.15, 0.2) is 11.5 Å². The molecule has 0 bridgehead atoms. The molecule has 5 nitrogen and oxygen atoms in total. The number of furan rings is 1. The highest BCUT2D eigenvalue weighted by Crippen LogP contribution is 2.40. The average Bonchev–Trinajstić information content (AvgIpc) is 3.35. The number of benzene rings is 3. The third-order valence-corrected chi connectivity index (χ3v) is 5.83. The Labute approximate surface area is 189 Å². The molecular formula is C26H18ClNO4. The van der Waals surface area contributed by atoms with Gasteiger partial charge in [-0.1, -0.05) is 72.3 Å². The molecule has 1 atom stereocenters. The van der Waals surface area contributed by atoms with Crippen molar-refractivity contribution in [2.45, 2.75) is 12.6 Å². The zero-order chi connectivity index (χ0) is 22.2. The van der Waals surface area contributed by atoms with Gasteiger partial charge in [0.05, 0.1) is 11.6 Å². The smallest absolute Gasteiger partial charge is 0.290 e. The lowest BCUT2D eigenvalue weighted by atomic mass is 9.95. The van der Waals surface area contributed by atoms with Gasteiger partial charge in [0.2, 0.25) is 5.78 Å². The summed E-state index contributed by atoms with van der Waals surface area (Å²) in [6.07, 6.45) is 0. The second-order valence-electron chi connectivity index (χ2n) is 7.61. The third kappa shape index (κ3) is 3.47. The van der Waals surface area contributed by atoms with Crippen molar-refractivity contribution in [2.24, 2.45) is 0 Å². The molecule has 1 aromatic heterocycles. The van der Waals surface area contributed by atoms with Crippen LogP contribution in [-0.4, -0.2) is 21.7 Å². The number of hydrogen-bond acceptors (Lipinski definition) is 4. The average molecular weight is 444 g/mol. The first kappa shape index (κ1) is 20.1. The quantitative estimate of drug-likeness (QED) is 0.392. The first-order valence-corrected chi connectivity index (χ1v) is 10.5. The number of hydrogen-bond donors (Lipinski definition) is 1. The number of rotatable bonds is 5. The first-order chi connectivity index (χ1) is 15.5. The molecular weight excluding hydrogens is 426 g/mol. The van der Waals surface area contributed by atoms with Crippen LogP contribution in [0.15, 0.2) is 101 Å². The summed E-state index contributed by atoms with van der Waals surface area (Å²) in [7, 11) is 0. The number of ketones is 1. The van der Waals surface area contributed by atoms with E-state index in [0.29, 0.717) is 16.2 Å². The Morgan fingerprint density at radius 1 is 0.969 bits per heavy atom. The number of nitrogens with zero attached hydrogens (tertiary/aromatic N) is 1. The molecule has 0 saturated heterocycles. The number of para-hydroxylation sites is 1. The summed E-state index contributed by atoms with van der Waals surface area (Å²) in [6, 6.07) is 24.4. The van der Waals surface area contributed by atoms with Crippen LogP contribution < -0.4 is 0 Å². The van der Waals surface area contributed by atoms with Crippen molar-refractivity contribution in [1.29, 1.82) is 0 Å². The summed E-state index contributed by atoms with van der Waals surface area (Å²) in [5.41, 5.74) is 2.10. The second-order valence-corrected chi connectivity index (χ2v) is 8.05. The summed E-state index contributed by atoms with van der Waals surface area (Å²) in [4.78, 5) is 28.1. The van der Waals surface area contributed by atoms with Crippen molar-refractivity contribution < 1.29 is 19.1 Å². The van der Waals surface area contributed by atoms with Gasteiger partial charge >= 0.3 is 0 Å². The number of halogens is 1. The predicted octanol–water partition coefficient (Wildman–Crippen LogP) is 5.86. The summed E-state index contributed by atoms with van der Waals surface area (Å²) < 4.78 is 5.74. The van der Waals surface area contributed by atoms with Crippen LogP contribution in [0.25, 0.3) is 11.0 Å². The maximum absolute atomic E-state index is 13.5. The third-order valence-electron chi connectivity index (χ3n) is 5.58. The van der Waals surface area contributed by atoms with Crippen LogP contribution in [0.2, 0.25) is 5.02 Å². The highest BCUT2D eigenvalue weighted by molar-refractivity contribution is 6.30. The van der Waals surface area contributed by atoms with Gasteiger partial charge in [0.1, 0.15) is 5.58 Å². The minimum absolute atomic E-state index is 0.00712. The molecule has 1 aliphatic heterocycles. The van der Waals surface area contributed by atoms with Crippen molar-refractivity contribution in [3.05, 3.63) is 118 Å². The maximum atomic E-state index is 13.5. The zero-order valence-electron chi connectivity index (χ0n) is 16.9. The number of carbonyl (C=O) groups is 2. The minimum atomic E-state index is -0.777. The molecule has 1 amide bonds. The van der Waals surface area contributed by atoms with Crippen LogP contribution in [0.1, 0.15) is 27.7 Å². The van der Waals surface area contributed by atoms with Gasteiger partial charge in [-0.25, -0.2) is 0 Å². The Morgan fingerprint density at radius 2 is 1.66 bits per heavy atom. The lowest BCUT2D eigenvalue weighted by molar-refractivity contribution is -0.130. The van der Waals surface area contributed by atoms with Gasteiger partial charge in [-0.3, -0.25) is 9.59 Å². The summed E-state index contributed by atoms with van der Waals surface area (Å²) in [6.45, 7) is 0.230. The zero-order valence-corrected chi connectivity index (χ0v) is 17.6. The van der Waals surface area contributed by atoms with Gasteiger partial charge in [0, 0.05) is 17.0 Å². The van der Waals surface area contributed by atoms with Crippen LogP contribution in [0.3, 0.4) is 0 Å². The largest absolute Gasteiger partial charge is 0.503 e. The highest BCUT2D eigenvalue weighted by Gasteiger charge is 2.44. The van der Waals surface area contributed by atoms with Gasteiger partial charge in [0.25, 0.3) is 5.91 Å². The monoisotopic (exact) mass is 443 g/mol. The lowest BCUT2D eigenvalue weighted by Crippen LogP contribution is -2.30. The van der Waals surface area contributed by atoms with Crippen LogP contribution in [0.5, 0.6) is 0 Å². The van der Waals surface area contributed by atoms with Crippen molar-refractivity contribution >= 4 is 34.3 Å². The van der Waals surface area contributed by atoms with Crippen molar-refractivity contribution in [1.82, 2.24) is 4.90 Å². The molecule has 3 aromatic carbocycles.